The number of aromatic nitrogens is 2. The fraction of sp³-hybridized carbons (Fsp3) is 0.421. The van der Waals surface area contributed by atoms with Crippen LogP contribution in [0.15, 0.2) is 30.6 Å². The number of rotatable bonds is 3. The van der Waals surface area contributed by atoms with Crippen molar-refractivity contribution in [1.29, 1.82) is 0 Å². The molecule has 0 bridgehead atoms. The van der Waals surface area contributed by atoms with Crippen LogP contribution in [0.3, 0.4) is 0 Å². The lowest BCUT2D eigenvalue weighted by atomic mass is 9.76. The highest BCUT2D eigenvalue weighted by atomic mass is 16.2. The summed E-state index contributed by atoms with van der Waals surface area (Å²) in [4.78, 5) is 47.3. The number of fused-ring (bicyclic) bond motifs is 1. The second-order valence-electron chi connectivity index (χ2n) is 7.03. The van der Waals surface area contributed by atoms with E-state index in [2.05, 4.69) is 20.6 Å². The number of hydrogen-bond donors (Lipinski definition) is 2. The lowest BCUT2D eigenvalue weighted by molar-refractivity contribution is -0.126. The van der Waals surface area contributed by atoms with Gasteiger partial charge in [0.25, 0.3) is 11.8 Å². The highest BCUT2D eigenvalue weighted by Crippen LogP contribution is 2.34. The highest BCUT2D eigenvalue weighted by Gasteiger charge is 2.51. The Bertz CT molecular complexity index is 917. The van der Waals surface area contributed by atoms with E-state index < -0.39 is 11.6 Å². The Morgan fingerprint density at radius 2 is 1.96 bits per heavy atom. The molecule has 2 aromatic rings. The third kappa shape index (κ3) is 2.81. The van der Waals surface area contributed by atoms with Gasteiger partial charge in [-0.1, -0.05) is 13.0 Å². The summed E-state index contributed by atoms with van der Waals surface area (Å²) in [6, 6.07) is 4.97. The van der Waals surface area contributed by atoms with E-state index in [1.165, 1.54) is 0 Å². The minimum Gasteiger partial charge on any atom is -0.339 e. The maximum absolute atomic E-state index is 13.0. The van der Waals surface area contributed by atoms with Crippen LogP contribution < -0.4 is 10.6 Å². The third-order valence-electron chi connectivity index (χ3n) is 5.73. The SMILES string of the molecule is CC[C@]1(C2CCN(C(=O)c3cccc4nccnc34)CC2)NC(=O)NC1=O. The van der Waals surface area contributed by atoms with Crippen molar-refractivity contribution in [2.75, 3.05) is 13.1 Å². The predicted molar refractivity (Wildman–Crippen MR) is 97.9 cm³/mol. The van der Waals surface area contributed by atoms with Crippen molar-refractivity contribution in [2.45, 2.75) is 31.7 Å². The first-order chi connectivity index (χ1) is 13.0. The van der Waals surface area contributed by atoms with E-state index >= 15 is 0 Å². The van der Waals surface area contributed by atoms with Gasteiger partial charge in [-0.3, -0.25) is 24.9 Å². The second kappa shape index (κ2) is 6.61. The van der Waals surface area contributed by atoms with Crippen LogP contribution in [0, 0.1) is 5.92 Å². The molecule has 140 valence electrons. The molecule has 2 saturated heterocycles. The van der Waals surface area contributed by atoms with Crippen LogP contribution in [0.25, 0.3) is 11.0 Å². The number of likely N-dealkylation sites (tertiary alicyclic amines) is 1. The van der Waals surface area contributed by atoms with Crippen molar-refractivity contribution in [3.05, 3.63) is 36.2 Å². The monoisotopic (exact) mass is 367 g/mol. The molecule has 4 rings (SSSR count). The van der Waals surface area contributed by atoms with Crippen LogP contribution in [0.1, 0.15) is 36.5 Å². The van der Waals surface area contributed by atoms with E-state index in [4.69, 9.17) is 0 Å². The number of nitrogens with one attached hydrogen (secondary N) is 2. The number of piperidine rings is 1. The number of carbonyl (C=O) groups is 3. The summed E-state index contributed by atoms with van der Waals surface area (Å²) in [5.74, 6) is -0.334. The van der Waals surface area contributed by atoms with Crippen molar-refractivity contribution in [3.63, 3.8) is 0 Å². The Labute approximate surface area is 156 Å². The quantitative estimate of drug-likeness (QED) is 0.800. The van der Waals surface area contributed by atoms with Gasteiger partial charge in [0, 0.05) is 25.5 Å². The number of para-hydroxylation sites is 1. The Balaban J connectivity index is 1.51. The molecule has 1 aromatic carbocycles. The molecule has 0 radical (unpaired) electrons. The van der Waals surface area contributed by atoms with Gasteiger partial charge in [0.2, 0.25) is 0 Å². The first-order valence-corrected chi connectivity index (χ1v) is 9.18. The standard InChI is InChI=1S/C19H21N5O3/c1-2-19(17(26)22-18(27)23-19)12-6-10-24(11-7-12)16(25)13-4-3-5-14-15(13)21-9-8-20-14/h3-5,8-9,12H,2,6-7,10-11H2,1H3,(H2,22,23,26,27)/t19-/m1/s1. The van der Waals surface area contributed by atoms with Crippen LogP contribution >= 0.6 is 0 Å². The van der Waals surface area contributed by atoms with Gasteiger partial charge in [-0.2, -0.15) is 0 Å². The zero-order chi connectivity index (χ0) is 19.0. The molecule has 8 nitrogen and oxygen atoms in total. The topological polar surface area (TPSA) is 104 Å². The Morgan fingerprint density at radius 3 is 2.63 bits per heavy atom. The molecular formula is C19H21N5O3. The van der Waals surface area contributed by atoms with E-state index in [9.17, 15) is 14.4 Å². The van der Waals surface area contributed by atoms with E-state index in [0.717, 1.165) is 0 Å². The lowest BCUT2D eigenvalue weighted by Gasteiger charge is -2.40. The Kier molecular flexibility index (Phi) is 4.25. The second-order valence-corrected chi connectivity index (χ2v) is 7.03. The first-order valence-electron chi connectivity index (χ1n) is 9.18. The van der Waals surface area contributed by atoms with Crippen molar-refractivity contribution in [3.8, 4) is 0 Å². The van der Waals surface area contributed by atoms with Gasteiger partial charge in [0.05, 0.1) is 11.1 Å². The smallest absolute Gasteiger partial charge is 0.322 e. The molecule has 2 aliphatic heterocycles. The molecule has 2 aliphatic rings. The third-order valence-corrected chi connectivity index (χ3v) is 5.73. The predicted octanol–water partition coefficient (Wildman–Crippen LogP) is 1.47. The maximum atomic E-state index is 13.0. The fourth-order valence-electron chi connectivity index (χ4n) is 4.24. The summed E-state index contributed by atoms with van der Waals surface area (Å²) in [5.41, 5.74) is 0.959. The van der Waals surface area contributed by atoms with Crippen molar-refractivity contribution in [2.24, 2.45) is 5.92 Å². The average Bonchev–Trinajstić information content (AvgIpc) is 3.01. The number of hydrogen-bond acceptors (Lipinski definition) is 5. The zero-order valence-electron chi connectivity index (χ0n) is 15.1. The largest absolute Gasteiger partial charge is 0.339 e. The molecule has 0 unspecified atom stereocenters. The highest BCUT2D eigenvalue weighted by molar-refractivity contribution is 6.07. The summed E-state index contributed by atoms with van der Waals surface area (Å²) >= 11 is 0. The van der Waals surface area contributed by atoms with E-state index in [0.29, 0.717) is 48.9 Å². The lowest BCUT2D eigenvalue weighted by Crippen LogP contribution is -2.56. The molecule has 27 heavy (non-hydrogen) atoms. The summed E-state index contributed by atoms with van der Waals surface area (Å²) in [6.07, 6.45) is 5.03. The summed E-state index contributed by atoms with van der Waals surface area (Å²) < 4.78 is 0. The van der Waals surface area contributed by atoms with Gasteiger partial charge < -0.3 is 10.2 Å². The van der Waals surface area contributed by atoms with Crippen LogP contribution in [-0.2, 0) is 4.79 Å². The van der Waals surface area contributed by atoms with Crippen molar-refractivity contribution >= 4 is 28.9 Å². The van der Waals surface area contributed by atoms with Crippen LogP contribution in [0.2, 0.25) is 0 Å². The molecule has 1 aromatic heterocycles. The molecule has 0 spiro atoms. The maximum Gasteiger partial charge on any atom is 0.322 e. The van der Waals surface area contributed by atoms with E-state index in [-0.39, 0.29) is 17.7 Å². The zero-order valence-corrected chi connectivity index (χ0v) is 15.1. The van der Waals surface area contributed by atoms with Crippen LogP contribution in [-0.4, -0.2) is 51.3 Å². The number of urea groups is 1. The molecule has 2 N–H and O–H groups in total. The minimum atomic E-state index is -0.864. The van der Waals surface area contributed by atoms with Gasteiger partial charge in [0.1, 0.15) is 11.1 Å². The molecule has 0 saturated carbocycles. The Morgan fingerprint density at radius 1 is 1.22 bits per heavy atom. The van der Waals surface area contributed by atoms with Gasteiger partial charge in [-0.15, -0.1) is 0 Å². The number of benzene rings is 1. The number of nitrogens with zero attached hydrogens (tertiary/aromatic N) is 3. The van der Waals surface area contributed by atoms with E-state index in [1.54, 1.807) is 23.4 Å². The number of imide groups is 1. The molecule has 1 atom stereocenters. The van der Waals surface area contributed by atoms with E-state index in [1.807, 2.05) is 19.1 Å². The normalized spacial score (nSPS) is 23.4. The first kappa shape index (κ1) is 17.4. The van der Waals surface area contributed by atoms with Crippen molar-refractivity contribution in [1.82, 2.24) is 25.5 Å². The number of amides is 4. The minimum absolute atomic E-state index is 0.00492. The van der Waals surface area contributed by atoms with Gasteiger partial charge in [-0.25, -0.2) is 4.79 Å². The van der Waals surface area contributed by atoms with Gasteiger partial charge in [0.15, 0.2) is 0 Å². The fourth-order valence-corrected chi connectivity index (χ4v) is 4.24. The molecule has 0 aliphatic carbocycles. The summed E-state index contributed by atoms with van der Waals surface area (Å²) in [7, 11) is 0. The summed E-state index contributed by atoms with van der Waals surface area (Å²) in [5, 5.41) is 5.17. The van der Waals surface area contributed by atoms with Gasteiger partial charge >= 0.3 is 6.03 Å². The molecule has 2 fully saturated rings. The summed E-state index contributed by atoms with van der Waals surface area (Å²) in [6.45, 7) is 2.97. The Hall–Kier alpha value is -3.03. The van der Waals surface area contributed by atoms with Crippen LogP contribution in [0.4, 0.5) is 4.79 Å². The molecule has 3 heterocycles. The molecule has 8 heteroatoms. The van der Waals surface area contributed by atoms with Crippen molar-refractivity contribution < 1.29 is 14.4 Å². The van der Waals surface area contributed by atoms with Gasteiger partial charge in [-0.05, 0) is 37.3 Å². The number of carbonyl (C=O) groups excluding carboxylic acids is 3. The van der Waals surface area contributed by atoms with Crippen LogP contribution in [0.5, 0.6) is 0 Å². The molecular weight excluding hydrogens is 346 g/mol. The molecule has 4 amide bonds. The average molecular weight is 367 g/mol.